The van der Waals surface area contributed by atoms with Crippen LogP contribution in [-0.4, -0.2) is 46.5 Å². The van der Waals surface area contributed by atoms with Gasteiger partial charge in [-0.25, -0.2) is 13.1 Å². The zero-order valence-electron chi connectivity index (χ0n) is 16.8. The van der Waals surface area contributed by atoms with Gasteiger partial charge in [0.2, 0.25) is 10.0 Å². The summed E-state index contributed by atoms with van der Waals surface area (Å²) in [5.41, 5.74) is 0.975. The fraction of sp³-hybridized carbons (Fsp3) is 0.381. The van der Waals surface area contributed by atoms with E-state index in [2.05, 4.69) is 4.72 Å². The molecule has 1 amide bonds. The van der Waals surface area contributed by atoms with E-state index in [4.69, 9.17) is 9.47 Å². The van der Waals surface area contributed by atoms with Gasteiger partial charge >= 0.3 is 0 Å². The molecule has 0 saturated carbocycles. The lowest BCUT2D eigenvalue weighted by Crippen LogP contribution is -2.29. The van der Waals surface area contributed by atoms with Gasteiger partial charge in [0.15, 0.2) is 0 Å². The minimum Gasteiger partial charge on any atom is -0.496 e. The number of rotatable bonds is 7. The van der Waals surface area contributed by atoms with E-state index in [1.54, 1.807) is 25.0 Å². The van der Waals surface area contributed by atoms with E-state index >= 15 is 0 Å². The Morgan fingerprint density at radius 1 is 1.03 bits per heavy atom. The Bertz CT molecular complexity index is 984. The maximum atomic E-state index is 13.0. The van der Waals surface area contributed by atoms with Gasteiger partial charge in [-0.05, 0) is 44.0 Å². The number of para-hydroxylation sites is 1. The van der Waals surface area contributed by atoms with Gasteiger partial charge in [-0.2, -0.15) is 0 Å². The first kappa shape index (κ1) is 21.1. The molecule has 156 valence electrons. The van der Waals surface area contributed by atoms with Crippen LogP contribution in [-0.2, 0) is 10.0 Å². The van der Waals surface area contributed by atoms with Crippen LogP contribution in [0.1, 0.15) is 41.7 Å². The number of methoxy groups -OCH3 is 2. The second kappa shape index (κ2) is 8.84. The number of benzene rings is 2. The van der Waals surface area contributed by atoms with Gasteiger partial charge in [0.25, 0.3) is 5.91 Å². The van der Waals surface area contributed by atoms with E-state index in [0.29, 0.717) is 24.6 Å². The van der Waals surface area contributed by atoms with Crippen molar-refractivity contribution in [2.45, 2.75) is 30.7 Å². The maximum Gasteiger partial charge on any atom is 0.257 e. The highest BCUT2D eigenvalue weighted by atomic mass is 32.2. The standard InChI is InChI=1S/C21H26N2O5S/c1-15(17-8-4-5-9-19(17)27-2)22-29(25,26)16-10-11-20(28-3)18(14-16)21(24)23-12-6-7-13-23/h4-5,8-11,14-15,22H,6-7,12-13H2,1-3H3/t15-/m0/s1. The molecule has 0 radical (unpaired) electrons. The molecule has 1 N–H and O–H groups in total. The van der Waals surface area contributed by atoms with Crippen LogP contribution in [0.25, 0.3) is 0 Å². The van der Waals surface area contributed by atoms with Crippen molar-refractivity contribution in [3.63, 3.8) is 0 Å². The fourth-order valence-corrected chi connectivity index (χ4v) is 4.75. The van der Waals surface area contributed by atoms with E-state index in [0.717, 1.165) is 18.4 Å². The first-order chi connectivity index (χ1) is 13.9. The molecule has 1 saturated heterocycles. The van der Waals surface area contributed by atoms with Crippen molar-refractivity contribution in [1.29, 1.82) is 0 Å². The van der Waals surface area contributed by atoms with E-state index in [1.165, 1.54) is 25.3 Å². The van der Waals surface area contributed by atoms with Crippen LogP contribution in [0.2, 0.25) is 0 Å². The SMILES string of the molecule is COc1ccc(S(=O)(=O)N[C@@H](C)c2ccccc2OC)cc1C(=O)N1CCCC1. The zero-order valence-corrected chi connectivity index (χ0v) is 17.7. The lowest BCUT2D eigenvalue weighted by atomic mass is 10.1. The summed E-state index contributed by atoms with van der Waals surface area (Å²) in [6, 6.07) is 11.1. The quantitative estimate of drug-likeness (QED) is 0.747. The molecule has 1 aliphatic heterocycles. The Hall–Kier alpha value is -2.58. The maximum absolute atomic E-state index is 13.0. The molecule has 0 unspecified atom stereocenters. The predicted octanol–water partition coefficient (Wildman–Crippen LogP) is 2.98. The van der Waals surface area contributed by atoms with Crippen molar-refractivity contribution >= 4 is 15.9 Å². The topological polar surface area (TPSA) is 84.9 Å². The first-order valence-corrected chi connectivity index (χ1v) is 11.0. The van der Waals surface area contributed by atoms with Crippen LogP contribution in [0.5, 0.6) is 11.5 Å². The Balaban J connectivity index is 1.90. The number of ether oxygens (including phenoxy) is 2. The van der Waals surface area contributed by atoms with Crippen LogP contribution in [0.15, 0.2) is 47.4 Å². The first-order valence-electron chi connectivity index (χ1n) is 9.50. The number of sulfonamides is 1. The molecule has 1 fully saturated rings. The average Bonchev–Trinajstić information content (AvgIpc) is 3.27. The molecule has 29 heavy (non-hydrogen) atoms. The molecular formula is C21H26N2O5S. The number of amides is 1. The molecule has 0 spiro atoms. The highest BCUT2D eigenvalue weighted by molar-refractivity contribution is 7.89. The predicted molar refractivity (Wildman–Crippen MR) is 110 cm³/mol. The highest BCUT2D eigenvalue weighted by Gasteiger charge is 2.26. The average molecular weight is 419 g/mol. The molecule has 1 atom stereocenters. The van der Waals surface area contributed by atoms with Gasteiger partial charge in [-0.15, -0.1) is 0 Å². The van der Waals surface area contributed by atoms with Gasteiger partial charge in [0, 0.05) is 24.7 Å². The van der Waals surface area contributed by atoms with E-state index in [1.807, 2.05) is 18.2 Å². The summed E-state index contributed by atoms with van der Waals surface area (Å²) in [6.07, 6.45) is 1.90. The van der Waals surface area contributed by atoms with Crippen molar-refractivity contribution in [3.8, 4) is 11.5 Å². The Kier molecular flexibility index (Phi) is 6.44. The van der Waals surface area contributed by atoms with Gasteiger partial charge in [0.1, 0.15) is 11.5 Å². The molecule has 8 heteroatoms. The summed E-state index contributed by atoms with van der Waals surface area (Å²) in [6.45, 7) is 3.08. The number of nitrogens with zero attached hydrogens (tertiary/aromatic N) is 1. The monoisotopic (exact) mass is 418 g/mol. The Labute approximate surface area is 171 Å². The number of carbonyl (C=O) groups is 1. The molecule has 0 bridgehead atoms. The largest absolute Gasteiger partial charge is 0.496 e. The van der Waals surface area contributed by atoms with Gasteiger partial charge in [0.05, 0.1) is 24.7 Å². The molecule has 1 heterocycles. The van der Waals surface area contributed by atoms with E-state index < -0.39 is 16.1 Å². The van der Waals surface area contributed by atoms with Gasteiger partial charge < -0.3 is 14.4 Å². The summed E-state index contributed by atoms with van der Waals surface area (Å²) < 4.78 is 39.3. The van der Waals surface area contributed by atoms with Crippen LogP contribution < -0.4 is 14.2 Å². The third-order valence-corrected chi connectivity index (χ3v) is 6.58. The van der Waals surface area contributed by atoms with Gasteiger partial charge in [-0.3, -0.25) is 4.79 Å². The van der Waals surface area contributed by atoms with Crippen molar-refractivity contribution in [3.05, 3.63) is 53.6 Å². The van der Waals surface area contributed by atoms with Gasteiger partial charge in [-0.1, -0.05) is 18.2 Å². The highest BCUT2D eigenvalue weighted by Crippen LogP contribution is 2.28. The third kappa shape index (κ3) is 4.54. The zero-order chi connectivity index (χ0) is 21.0. The molecule has 0 aromatic heterocycles. The number of carbonyl (C=O) groups excluding carboxylic acids is 1. The third-order valence-electron chi connectivity index (χ3n) is 5.04. The normalized spacial score (nSPS) is 15.2. The van der Waals surface area contributed by atoms with Crippen molar-refractivity contribution in [1.82, 2.24) is 9.62 Å². The van der Waals surface area contributed by atoms with E-state index in [-0.39, 0.29) is 16.4 Å². The second-order valence-electron chi connectivity index (χ2n) is 6.95. The van der Waals surface area contributed by atoms with Crippen LogP contribution in [0, 0.1) is 0 Å². The molecule has 2 aromatic rings. The molecule has 0 aliphatic carbocycles. The smallest absolute Gasteiger partial charge is 0.257 e. The lowest BCUT2D eigenvalue weighted by molar-refractivity contribution is 0.0789. The van der Waals surface area contributed by atoms with Crippen LogP contribution in [0.3, 0.4) is 0 Å². The summed E-state index contributed by atoms with van der Waals surface area (Å²) in [5.74, 6) is 0.745. The number of hydrogen-bond donors (Lipinski definition) is 1. The van der Waals surface area contributed by atoms with Crippen molar-refractivity contribution in [2.75, 3.05) is 27.3 Å². The minimum absolute atomic E-state index is 0.0163. The summed E-state index contributed by atoms with van der Waals surface area (Å²) in [5, 5.41) is 0. The van der Waals surface area contributed by atoms with Crippen molar-refractivity contribution in [2.24, 2.45) is 0 Å². The number of hydrogen-bond acceptors (Lipinski definition) is 5. The minimum atomic E-state index is -3.87. The Morgan fingerprint density at radius 2 is 1.69 bits per heavy atom. The number of nitrogens with one attached hydrogen (secondary N) is 1. The van der Waals surface area contributed by atoms with Crippen LogP contribution >= 0.6 is 0 Å². The lowest BCUT2D eigenvalue weighted by Gasteiger charge is -2.19. The van der Waals surface area contributed by atoms with Crippen LogP contribution in [0.4, 0.5) is 0 Å². The van der Waals surface area contributed by atoms with Crippen molar-refractivity contribution < 1.29 is 22.7 Å². The second-order valence-corrected chi connectivity index (χ2v) is 8.66. The molecule has 2 aromatic carbocycles. The molecule has 1 aliphatic rings. The molecular weight excluding hydrogens is 392 g/mol. The summed E-state index contributed by atoms with van der Waals surface area (Å²) >= 11 is 0. The van der Waals surface area contributed by atoms with E-state index in [9.17, 15) is 13.2 Å². The fourth-order valence-electron chi connectivity index (χ4n) is 3.50. The Morgan fingerprint density at radius 3 is 2.34 bits per heavy atom. The molecule has 7 nitrogen and oxygen atoms in total. The number of likely N-dealkylation sites (tertiary alicyclic amines) is 1. The molecule has 3 rings (SSSR count). The summed E-state index contributed by atoms with van der Waals surface area (Å²) in [4.78, 5) is 14.6. The summed E-state index contributed by atoms with van der Waals surface area (Å²) in [7, 11) is -0.863.